The Hall–Kier alpha value is -1.58. The summed E-state index contributed by atoms with van der Waals surface area (Å²) in [5, 5.41) is 8.93. The fraction of sp³-hybridized carbons (Fsp3) is 0.100. The SMILES string of the molecule is CC[O-].c1cc[c]([Sn+]([c]2ccccc2)[c]2ccccc2)cc1. The number of benzene rings is 3. The van der Waals surface area contributed by atoms with Gasteiger partial charge in [0.15, 0.2) is 0 Å². The van der Waals surface area contributed by atoms with Gasteiger partial charge in [-0.15, -0.1) is 6.61 Å². The Kier molecular flexibility index (Phi) is 7.20. The Morgan fingerprint density at radius 1 is 0.591 bits per heavy atom. The average Bonchev–Trinajstić information content (AvgIpc) is 2.59. The van der Waals surface area contributed by atoms with Gasteiger partial charge >= 0.3 is 121 Å². The molecule has 0 N–H and O–H groups in total. The molecule has 0 spiro atoms. The maximum atomic E-state index is 8.93. The normalized spacial score (nSPS) is 9.55. The molecule has 0 saturated heterocycles. The third-order valence-electron chi connectivity index (χ3n) is 3.19. The number of rotatable bonds is 3. The van der Waals surface area contributed by atoms with Crippen LogP contribution < -0.4 is 15.8 Å². The molecule has 0 atom stereocenters. The van der Waals surface area contributed by atoms with Crippen molar-refractivity contribution in [1.29, 1.82) is 0 Å². The summed E-state index contributed by atoms with van der Waals surface area (Å²) in [4.78, 5) is 0. The molecule has 0 fully saturated rings. The van der Waals surface area contributed by atoms with E-state index in [9.17, 15) is 0 Å². The van der Waals surface area contributed by atoms with Crippen LogP contribution in [0, 0.1) is 0 Å². The summed E-state index contributed by atoms with van der Waals surface area (Å²) >= 11 is -1.98. The number of hydrogen-bond acceptors (Lipinski definition) is 1. The zero-order valence-electron chi connectivity index (χ0n) is 12.8. The van der Waals surface area contributed by atoms with Crippen LogP contribution in [0.4, 0.5) is 0 Å². The van der Waals surface area contributed by atoms with Gasteiger partial charge < -0.3 is 5.11 Å². The molecule has 0 heterocycles. The predicted octanol–water partition coefficient (Wildman–Crippen LogP) is 1.57. The van der Waals surface area contributed by atoms with Gasteiger partial charge in [-0.25, -0.2) is 0 Å². The van der Waals surface area contributed by atoms with Gasteiger partial charge in [0.05, 0.1) is 0 Å². The molecule has 22 heavy (non-hydrogen) atoms. The second kappa shape index (κ2) is 9.44. The first-order chi connectivity index (χ1) is 10.9. The fourth-order valence-electron chi connectivity index (χ4n) is 2.31. The van der Waals surface area contributed by atoms with Gasteiger partial charge in [-0.1, -0.05) is 6.92 Å². The average molecular weight is 395 g/mol. The maximum absolute atomic E-state index is 8.93. The standard InChI is InChI=1S/3C6H5.C2H5O.Sn/c3*1-2-4-6-5-3-1;1-2-3;/h3*1-5H;2H2,1H3;/q;;;-1;+1. The molecule has 1 nitrogen and oxygen atoms in total. The molecular formula is C20H20OSn. The summed E-state index contributed by atoms with van der Waals surface area (Å²) in [7, 11) is 0. The molecule has 110 valence electrons. The third-order valence-corrected chi connectivity index (χ3v) is 11.0. The van der Waals surface area contributed by atoms with E-state index in [0.29, 0.717) is 0 Å². The van der Waals surface area contributed by atoms with Crippen molar-refractivity contribution in [3.8, 4) is 0 Å². The van der Waals surface area contributed by atoms with E-state index in [2.05, 4.69) is 91.0 Å². The topological polar surface area (TPSA) is 23.1 Å². The van der Waals surface area contributed by atoms with Crippen molar-refractivity contribution in [2.24, 2.45) is 0 Å². The molecule has 0 radical (unpaired) electrons. The first-order valence-corrected chi connectivity index (χ1v) is 11.8. The Balaban J connectivity index is 0.000000545. The van der Waals surface area contributed by atoms with Gasteiger partial charge in [0, 0.05) is 0 Å². The van der Waals surface area contributed by atoms with Crippen LogP contribution in [0.1, 0.15) is 6.92 Å². The second-order valence-corrected chi connectivity index (χ2v) is 11.8. The Bertz CT molecular complexity index is 544. The first kappa shape index (κ1) is 16.8. The van der Waals surface area contributed by atoms with Crippen LogP contribution in [-0.2, 0) is 0 Å². The van der Waals surface area contributed by atoms with Gasteiger partial charge in [-0.2, -0.15) is 0 Å². The van der Waals surface area contributed by atoms with Crippen molar-refractivity contribution in [2.75, 3.05) is 6.61 Å². The van der Waals surface area contributed by atoms with E-state index in [1.54, 1.807) is 6.92 Å². The summed E-state index contributed by atoms with van der Waals surface area (Å²) < 4.78 is 4.59. The van der Waals surface area contributed by atoms with Crippen LogP contribution in [0.2, 0.25) is 0 Å². The molecule has 0 aliphatic heterocycles. The van der Waals surface area contributed by atoms with Crippen LogP contribution in [0.25, 0.3) is 0 Å². The summed E-state index contributed by atoms with van der Waals surface area (Å²) in [6.07, 6.45) is 0. The minimum absolute atomic E-state index is 0. The van der Waals surface area contributed by atoms with E-state index in [1.165, 1.54) is 10.7 Å². The molecule has 0 aliphatic carbocycles. The van der Waals surface area contributed by atoms with Crippen LogP contribution >= 0.6 is 0 Å². The molecule has 3 aromatic carbocycles. The Morgan fingerprint density at radius 3 is 1.05 bits per heavy atom. The Morgan fingerprint density at radius 2 is 0.818 bits per heavy atom. The molecule has 0 aromatic heterocycles. The van der Waals surface area contributed by atoms with Crippen molar-refractivity contribution < 1.29 is 5.11 Å². The van der Waals surface area contributed by atoms with Gasteiger partial charge in [0.2, 0.25) is 0 Å². The van der Waals surface area contributed by atoms with Gasteiger partial charge in [-0.05, 0) is 0 Å². The number of hydrogen-bond donors (Lipinski definition) is 0. The summed E-state index contributed by atoms with van der Waals surface area (Å²) in [6.45, 7) is 1.57. The van der Waals surface area contributed by atoms with Crippen molar-refractivity contribution in [2.45, 2.75) is 6.92 Å². The molecule has 3 rings (SSSR count). The quantitative estimate of drug-likeness (QED) is 0.618. The molecule has 0 bridgehead atoms. The molecule has 0 saturated carbocycles. The van der Waals surface area contributed by atoms with Crippen molar-refractivity contribution in [3.05, 3.63) is 91.0 Å². The van der Waals surface area contributed by atoms with E-state index in [4.69, 9.17) is 5.11 Å². The van der Waals surface area contributed by atoms with Gasteiger partial charge in [0.25, 0.3) is 0 Å². The Labute approximate surface area is 140 Å². The van der Waals surface area contributed by atoms with Crippen molar-refractivity contribution in [1.82, 2.24) is 0 Å². The molecule has 0 unspecified atom stereocenters. The monoisotopic (exact) mass is 396 g/mol. The second-order valence-electron chi connectivity index (χ2n) is 4.76. The molecule has 2 heteroatoms. The van der Waals surface area contributed by atoms with Gasteiger partial charge in [0.1, 0.15) is 0 Å². The minimum atomic E-state index is -1.98. The van der Waals surface area contributed by atoms with Crippen molar-refractivity contribution in [3.63, 3.8) is 0 Å². The summed E-state index contributed by atoms with van der Waals surface area (Å²) in [5.41, 5.74) is 0. The van der Waals surface area contributed by atoms with E-state index in [-0.39, 0.29) is 6.61 Å². The molecule has 0 amide bonds. The summed E-state index contributed by atoms with van der Waals surface area (Å²) in [6, 6.07) is 32.9. The van der Waals surface area contributed by atoms with E-state index in [1.807, 2.05) is 0 Å². The van der Waals surface area contributed by atoms with Crippen molar-refractivity contribution >= 4 is 30.5 Å². The van der Waals surface area contributed by atoms with Crippen LogP contribution in [0.15, 0.2) is 91.0 Å². The van der Waals surface area contributed by atoms with Crippen LogP contribution in [0.3, 0.4) is 0 Å². The van der Waals surface area contributed by atoms with E-state index >= 15 is 0 Å². The van der Waals surface area contributed by atoms with Gasteiger partial charge in [-0.3, -0.25) is 0 Å². The van der Waals surface area contributed by atoms with E-state index < -0.39 is 19.8 Å². The molecule has 3 aromatic rings. The molecular weight excluding hydrogens is 375 g/mol. The first-order valence-electron chi connectivity index (χ1n) is 7.48. The van der Waals surface area contributed by atoms with Crippen LogP contribution in [0.5, 0.6) is 0 Å². The van der Waals surface area contributed by atoms with E-state index in [0.717, 1.165) is 0 Å². The van der Waals surface area contributed by atoms with Crippen LogP contribution in [-0.4, -0.2) is 26.4 Å². The fourth-order valence-corrected chi connectivity index (χ4v) is 9.67. The zero-order valence-corrected chi connectivity index (χ0v) is 15.6. The molecule has 0 aliphatic rings. The zero-order chi connectivity index (χ0) is 15.6. The summed E-state index contributed by atoms with van der Waals surface area (Å²) in [5.74, 6) is 0. The third kappa shape index (κ3) is 4.72. The predicted molar refractivity (Wildman–Crippen MR) is 94.5 cm³/mol.